The molecule has 1 saturated carbocycles. The van der Waals surface area contributed by atoms with Crippen LogP contribution in [0.2, 0.25) is 5.02 Å². The van der Waals surface area contributed by atoms with Gasteiger partial charge in [-0.25, -0.2) is 4.39 Å². The van der Waals surface area contributed by atoms with Gasteiger partial charge < -0.3 is 10.4 Å². The van der Waals surface area contributed by atoms with Crippen molar-refractivity contribution in [3.63, 3.8) is 0 Å². The summed E-state index contributed by atoms with van der Waals surface area (Å²) in [6.07, 6.45) is 2.75. The first-order chi connectivity index (χ1) is 9.46. The molecule has 0 spiro atoms. The monoisotopic (exact) mass is 299 g/mol. The van der Waals surface area contributed by atoms with Crippen molar-refractivity contribution >= 4 is 23.5 Å². The quantitative estimate of drug-likeness (QED) is 0.898. The van der Waals surface area contributed by atoms with Crippen molar-refractivity contribution in [2.75, 3.05) is 6.54 Å². The number of carboxylic acid groups (broad SMARTS) is 1. The van der Waals surface area contributed by atoms with Gasteiger partial charge >= 0.3 is 5.97 Å². The Kier molecular flexibility index (Phi) is 4.28. The summed E-state index contributed by atoms with van der Waals surface area (Å²) in [4.78, 5) is 23.3. The molecule has 1 amide bonds. The maximum atomic E-state index is 13.3. The second-order valence-corrected chi connectivity index (χ2v) is 5.45. The summed E-state index contributed by atoms with van der Waals surface area (Å²) >= 11 is 5.73. The molecule has 2 N–H and O–H groups in total. The molecule has 6 heteroatoms. The first kappa shape index (κ1) is 14.8. The van der Waals surface area contributed by atoms with Crippen LogP contribution < -0.4 is 5.32 Å². The summed E-state index contributed by atoms with van der Waals surface area (Å²) < 4.78 is 13.3. The molecule has 0 heterocycles. The minimum atomic E-state index is -0.907. The third kappa shape index (κ3) is 2.77. The summed E-state index contributed by atoms with van der Waals surface area (Å²) in [5, 5.41) is 11.6. The van der Waals surface area contributed by atoms with Crippen molar-refractivity contribution in [1.29, 1.82) is 0 Å². The van der Waals surface area contributed by atoms with Crippen LogP contribution in [-0.4, -0.2) is 23.5 Å². The fourth-order valence-corrected chi connectivity index (χ4v) is 2.75. The zero-order valence-corrected chi connectivity index (χ0v) is 11.5. The second-order valence-electron chi connectivity index (χ2n) is 5.08. The fourth-order valence-electron chi connectivity index (χ4n) is 2.54. The largest absolute Gasteiger partial charge is 0.481 e. The third-order valence-electron chi connectivity index (χ3n) is 3.80. The van der Waals surface area contributed by atoms with Gasteiger partial charge in [0.1, 0.15) is 5.82 Å². The van der Waals surface area contributed by atoms with E-state index in [1.54, 1.807) is 0 Å². The Morgan fingerprint density at radius 2 is 2.00 bits per heavy atom. The number of aliphatic carboxylic acids is 1. The van der Waals surface area contributed by atoms with Gasteiger partial charge in [-0.05, 0) is 25.0 Å². The lowest BCUT2D eigenvalue weighted by Crippen LogP contribution is -2.41. The van der Waals surface area contributed by atoms with Crippen LogP contribution in [0.5, 0.6) is 0 Å². The molecule has 0 radical (unpaired) electrons. The molecule has 2 rings (SSSR count). The molecule has 0 aliphatic heterocycles. The van der Waals surface area contributed by atoms with E-state index in [0.717, 1.165) is 18.9 Å². The molecule has 1 fully saturated rings. The van der Waals surface area contributed by atoms with Crippen molar-refractivity contribution in [2.24, 2.45) is 5.41 Å². The molecular formula is C14H15ClFNO3. The predicted molar refractivity (Wildman–Crippen MR) is 72.3 cm³/mol. The minimum Gasteiger partial charge on any atom is -0.481 e. The van der Waals surface area contributed by atoms with Crippen molar-refractivity contribution in [3.05, 3.63) is 34.6 Å². The number of carboxylic acids is 1. The number of amides is 1. The lowest BCUT2D eigenvalue weighted by molar-refractivity contribution is -0.148. The van der Waals surface area contributed by atoms with E-state index in [-0.39, 0.29) is 17.1 Å². The highest BCUT2D eigenvalue weighted by Crippen LogP contribution is 2.37. The molecule has 1 aromatic carbocycles. The van der Waals surface area contributed by atoms with Gasteiger partial charge in [-0.2, -0.15) is 0 Å². The molecule has 108 valence electrons. The minimum absolute atomic E-state index is 0.0187. The normalized spacial score (nSPS) is 16.9. The fraction of sp³-hybridized carbons (Fsp3) is 0.429. The predicted octanol–water partition coefficient (Wildman–Crippen LogP) is 2.85. The van der Waals surface area contributed by atoms with E-state index in [4.69, 9.17) is 11.6 Å². The van der Waals surface area contributed by atoms with E-state index in [9.17, 15) is 19.1 Å². The van der Waals surface area contributed by atoms with Gasteiger partial charge in [-0.1, -0.05) is 30.5 Å². The average molecular weight is 300 g/mol. The van der Waals surface area contributed by atoms with Crippen LogP contribution in [-0.2, 0) is 4.79 Å². The Labute approximate surface area is 120 Å². The van der Waals surface area contributed by atoms with E-state index in [1.165, 1.54) is 12.1 Å². The van der Waals surface area contributed by atoms with Crippen LogP contribution in [0.1, 0.15) is 36.0 Å². The second kappa shape index (κ2) is 5.79. The van der Waals surface area contributed by atoms with E-state index < -0.39 is 23.1 Å². The zero-order valence-electron chi connectivity index (χ0n) is 10.8. The lowest BCUT2D eigenvalue weighted by Gasteiger charge is -2.24. The van der Waals surface area contributed by atoms with Crippen LogP contribution in [0.3, 0.4) is 0 Å². The number of nitrogens with one attached hydrogen (secondary N) is 1. The van der Waals surface area contributed by atoms with Crippen LogP contribution in [0.15, 0.2) is 18.2 Å². The van der Waals surface area contributed by atoms with Gasteiger partial charge in [0, 0.05) is 6.54 Å². The lowest BCUT2D eigenvalue weighted by atomic mass is 9.86. The number of halogens is 2. The standard InChI is InChI=1S/C14H15ClFNO3/c15-11-9(4-3-5-10(11)16)12(18)17-8-14(13(19)20)6-1-2-7-14/h3-5H,1-2,6-8H2,(H,17,18)(H,19,20). The molecule has 1 aliphatic rings. The molecular weight excluding hydrogens is 285 g/mol. The van der Waals surface area contributed by atoms with Crippen molar-refractivity contribution < 1.29 is 19.1 Å². The first-order valence-corrected chi connectivity index (χ1v) is 6.80. The third-order valence-corrected chi connectivity index (χ3v) is 4.18. The Morgan fingerprint density at radius 1 is 1.35 bits per heavy atom. The smallest absolute Gasteiger partial charge is 0.311 e. The first-order valence-electron chi connectivity index (χ1n) is 6.42. The summed E-state index contributed by atoms with van der Waals surface area (Å²) in [5.74, 6) is -2.13. The molecule has 1 aliphatic carbocycles. The maximum absolute atomic E-state index is 13.3. The summed E-state index contributed by atoms with van der Waals surface area (Å²) in [7, 11) is 0. The highest BCUT2D eigenvalue weighted by molar-refractivity contribution is 6.34. The van der Waals surface area contributed by atoms with E-state index in [1.807, 2.05) is 0 Å². The van der Waals surface area contributed by atoms with Gasteiger partial charge in [-0.15, -0.1) is 0 Å². The molecule has 0 saturated heterocycles. The number of carbonyl (C=O) groups is 2. The van der Waals surface area contributed by atoms with Crippen LogP contribution in [0.4, 0.5) is 4.39 Å². The Balaban J connectivity index is 2.08. The van der Waals surface area contributed by atoms with Crippen molar-refractivity contribution in [3.8, 4) is 0 Å². The Bertz CT molecular complexity index is 541. The molecule has 1 aromatic rings. The van der Waals surface area contributed by atoms with E-state index >= 15 is 0 Å². The maximum Gasteiger partial charge on any atom is 0.311 e. The van der Waals surface area contributed by atoms with Gasteiger partial charge in [-0.3, -0.25) is 9.59 Å². The van der Waals surface area contributed by atoms with Gasteiger partial charge in [0.2, 0.25) is 0 Å². The number of hydrogen-bond donors (Lipinski definition) is 2. The number of hydrogen-bond acceptors (Lipinski definition) is 2. The molecule has 20 heavy (non-hydrogen) atoms. The number of benzene rings is 1. The SMILES string of the molecule is O=C(NCC1(C(=O)O)CCCC1)c1cccc(F)c1Cl. The highest BCUT2D eigenvalue weighted by atomic mass is 35.5. The molecule has 4 nitrogen and oxygen atoms in total. The van der Waals surface area contributed by atoms with E-state index in [0.29, 0.717) is 12.8 Å². The van der Waals surface area contributed by atoms with Crippen LogP contribution in [0, 0.1) is 11.2 Å². The molecule has 0 unspecified atom stereocenters. The number of carbonyl (C=O) groups excluding carboxylic acids is 1. The topological polar surface area (TPSA) is 66.4 Å². The van der Waals surface area contributed by atoms with Crippen molar-refractivity contribution in [2.45, 2.75) is 25.7 Å². The number of rotatable bonds is 4. The van der Waals surface area contributed by atoms with Gasteiger partial charge in [0.05, 0.1) is 16.0 Å². The summed E-state index contributed by atoms with van der Waals surface area (Å²) in [6.45, 7) is 0.0357. The summed E-state index contributed by atoms with van der Waals surface area (Å²) in [5.41, 5.74) is -0.889. The van der Waals surface area contributed by atoms with Crippen molar-refractivity contribution in [1.82, 2.24) is 5.32 Å². The molecule has 0 atom stereocenters. The van der Waals surface area contributed by atoms with E-state index in [2.05, 4.69) is 5.32 Å². The molecule has 0 bridgehead atoms. The van der Waals surface area contributed by atoms with Gasteiger partial charge in [0.25, 0.3) is 5.91 Å². The highest BCUT2D eigenvalue weighted by Gasteiger charge is 2.41. The van der Waals surface area contributed by atoms with Crippen LogP contribution >= 0.6 is 11.6 Å². The average Bonchev–Trinajstić information content (AvgIpc) is 2.89. The molecule has 0 aromatic heterocycles. The van der Waals surface area contributed by atoms with Crippen LogP contribution in [0.25, 0.3) is 0 Å². The zero-order chi connectivity index (χ0) is 14.8. The van der Waals surface area contributed by atoms with Gasteiger partial charge in [0.15, 0.2) is 0 Å². The Morgan fingerprint density at radius 3 is 2.60 bits per heavy atom. The summed E-state index contributed by atoms with van der Waals surface area (Å²) in [6, 6.07) is 3.95. The Hall–Kier alpha value is -1.62.